The van der Waals surface area contributed by atoms with Crippen LogP contribution in [0.5, 0.6) is 0 Å². The fraction of sp³-hybridized carbons (Fsp3) is 0.810. The van der Waals surface area contributed by atoms with Crippen LogP contribution in [0.15, 0.2) is 0 Å². The molecule has 2 amide bonds. The van der Waals surface area contributed by atoms with E-state index in [-0.39, 0.29) is 6.42 Å². The van der Waals surface area contributed by atoms with E-state index in [9.17, 15) is 32.7 Å². The monoisotopic (exact) mass is 516 g/mol. The number of rotatable bonds is 6. The smallest absolute Gasteiger partial charge is 0.480 e. The van der Waals surface area contributed by atoms with Gasteiger partial charge in [-0.15, -0.1) is 0 Å². The second kappa shape index (κ2) is 13.5. The zero-order valence-electron chi connectivity index (χ0n) is 20.8. The minimum Gasteiger partial charge on any atom is -0.480 e. The molecule has 0 aromatic carbocycles. The van der Waals surface area contributed by atoms with Crippen LogP contribution in [-0.4, -0.2) is 100 Å². The molecule has 204 valence electrons. The van der Waals surface area contributed by atoms with Crippen molar-refractivity contribution >= 4 is 24.1 Å². The van der Waals surface area contributed by atoms with Gasteiger partial charge in [-0.2, -0.15) is 18.1 Å². The van der Waals surface area contributed by atoms with Crippen LogP contribution in [-0.2, 0) is 23.8 Å². The molecule has 2 N–H and O–H groups in total. The fourth-order valence-corrected chi connectivity index (χ4v) is 2.65. The van der Waals surface area contributed by atoms with Gasteiger partial charge in [-0.3, -0.25) is 4.90 Å². The molecule has 14 heteroatoms. The van der Waals surface area contributed by atoms with E-state index in [2.05, 4.69) is 4.90 Å². The Bertz CT molecular complexity index is 697. The largest absolute Gasteiger partial charge is 0.490 e. The van der Waals surface area contributed by atoms with Crippen molar-refractivity contribution < 1.29 is 56.8 Å². The van der Waals surface area contributed by atoms with Gasteiger partial charge in [0.15, 0.2) is 0 Å². The summed E-state index contributed by atoms with van der Waals surface area (Å²) >= 11 is 0. The van der Waals surface area contributed by atoms with Crippen LogP contribution in [0.3, 0.4) is 0 Å². The molecule has 1 saturated heterocycles. The van der Waals surface area contributed by atoms with Crippen LogP contribution in [0.4, 0.5) is 22.8 Å². The van der Waals surface area contributed by atoms with Crippen LogP contribution in [0.1, 0.15) is 54.4 Å². The minimum absolute atomic E-state index is 0.102. The van der Waals surface area contributed by atoms with E-state index in [1.807, 2.05) is 0 Å². The first-order valence-corrected chi connectivity index (χ1v) is 10.8. The molecule has 1 fully saturated rings. The highest BCUT2D eigenvalue weighted by Gasteiger charge is 2.40. The number of nitrogens with zero attached hydrogens (tertiary/aromatic N) is 2. The third-order valence-electron chi connectivity index (χ3n) is 4.08. The van der Waals surface area contributed by atoms with Gasteiger partial charge in [0, 0.05) is 13.1 Å². The number of alkyl halides is 3. The number of ether oxygens (including phenoxy) is 3. The Labute approximate surface area is 202 Å². The summed E-state index contributed by atoms with van der Waals surface area (Å²) in [6.07, 6.45) is -6.54. The molecule has 35 heavy (non-hydrogen) atoms. The molecule has 1 aliphatic rings. The predicted molar refractivity (Wildman–Crippen MR) is 116 cm³/mol. The maximum absolute atomic E-state index is 12.6. The molecule has 0 spiro atoms. The van der Waals surface area contributed by atoms with E-state index in [0.717, 1.165) is 13.1 Å². The first kappa shape index (κ1) is 32.4. The van der Waals surface area contributed by atoms with E-state index in [0.29, 0.717) is 31.1 Å². The molecule has 0 bridgehead atoms. The number of halogens is 3. The Hall–Kier alpha value is -2.61. The standard InChI is InChI=1S/C19H34N2O7.C2HF3O2/c1-18(2,3)27-16(24)21(17(25)28-19(4,5)6)14(15(22)23)8-7-9-20-10-12-26-13-11-20;3-2(4,5)1(6)7/h14H,7-13H2,1-6H3,(H,22,23);(H,6,7). The van der Waals surface area contributed by atoms with Crippen LogP contribution in [0.2, 0.25) is 0 Å². The number of aliphatic carboxylic acids is 2. The first-order valence-electron chi connectivity index (χ1n) is 10.8. The molecular formula is C21H35F3N2O9. The van der Waals surface area contributed by atoms with Gasteiger partial charge in [0.1, 0.15) is 17.2 Å². The Morgan fingerprint density at radius 1 is 0.914 bits per heavy atom. The van der Waals surface area contributed by atoms with Gasteiger partial charge >= 0.3 is 30.3 Å². The highest BCUT2D eigenvalue weighted by Crippen LogP contribution is 2.19. The summed E-state index contributed by atoms with van der Waals surface area (Å²) in [6, 6.07) is -1.37. The third kappa shape index (κ3) is 14.4. The van der Waals surface area contributed by atoms with E-state index in [4.69, 9.17) is 24.1 Å². The van der Waals surface area contributed by atoms with Gasteiger partial charge in [-0.05, 0) is 60.9 Å². The molecule has 1 atom stereocenters. The SMILES string of the molecule is CC(C)(C)OC(=O)N(C(=O)OC(C)(C)C)C(CCCN1CCOCC1)C(=O)O.O=C(O)C(F)(F)F. The molecule has 11 nitrogen and oxygen atoms in total. The summed E-state index contributed by atoms with van der Waals surface area (Å²) in [5.74, 6) is -4.04. The number of imide groups is 1. The first-order chi connectivity index (χ1) is 15.7. The Morgan fingerprint density at radius 3 is 1.63 bits per heavy atom. The van der Waals surface area contributed by atoms with Gasteiger partial charge < -0.3 is 24.4 Å². The van der Waals surface area contributed by atoms with Crippen molar-refractivity contribution in [3.63, 3.8) is 0 Å². The van der Waals surface area contributed by atoms with Crippen molar-refractivity contribution in [3.8, 4) is 0 Å². The molecule has 1 rings (SSSR count). The highest BCUT2D eigenvalue weighted by atomic mass is 19.4. The fourth-order valence-electron chi connectivity index (χ4n) is 2.65. The Morgan fingerprint density at radius 2 is 1.31 bits per heavy atom. The summed E-state index contributed by atoms with van der Waals surface area (Å²) in [5.41, 5.74) is -1.76. The van der Waals surface area contributed by atoms with Gasteiger partial charge in [-0.25, -0.2) is 19.2 Å². The van der Waals surface area contributed by atoms with Gasteiger partial charge in [-0.1, -0.05) is 0 Å². The lowest BCUT2D eigenvalue weighted by molar-refractivity contribution is -0.192. The van der Waals surface area contributed by atoms with Gasteiger partial charge in [0.25, 0.3) is 0 Å². The zero-order chi connectivity index (χ0) is 27.6. The van der Waals surface area contributed by atoms with Crippen LogP contribution < -0.4 is 0 Å². The summed E-state index contributed by atoms with van der Waals surface area (Å²) < 4.78 is 47.5. The third-order valence-corrected chi connectivity index (χ3v) is 4.08. The molecule has 1 heterocycles. The zero-order valence-corrected chi connectivity index (χ0v) is 20.8. The molecule has 0 aromatic rings. The molecular weight excluding hydrogens is 481 g/mol. The van der Waals surface area contributed by atoms with E-state index in [1.165, 1.54) is 0 Å². The molecule has 0 radical (unpaired) electrons. The number of hydrogen-bond acceptors (Lipinski definition) is 8. The Kier molecular flexibility index (Phi) is 12.5. The molecule has 1 aliphatic heterocycles. The number of hydrogen-bond donors (Lipinski definition) is 2. The normalized spacial score (nSPS) is 15.8. The van der Waals surface area contributed by atoms with E-state index < -0.39 is 47.5 Å². The van der Waals surface area contributed by atoms with Gasteiger partial charge in [0.05, 0.1) is 13.2 Å². The number of carboxylic acids is 2. The molecule has 0 saturated carbocycles. The number of amides is 2. The molecule has 0 aliphatic carbocycles. The Balaban J connectivity index is 0.00000143. The van der Waals surface area contributed by atoms with Crippen molar-refractivity contribution in [2.75, 3.05) is 32.8 Å². The lowest BCUT2D eigenvalue weighted by Crippen LogP contribution is -2.52. The average molecular weight is 517 g/mol. The lowest BCUT2D eigenvalue weighted by Gasteiger charge is -2.32. The maximum atomic E-state index is 12.6. The van der Waals surface area contributed by atoms with E-state index >= 15 is 0 Å². The second-order valence-electron chi connectivity index (χ2n) is 9.58. The summed E-state index contributed by atoms with van der Waals surface area (Å²) in [7, 11) is 0. The summed E-state index contributed by atoms with van der Waals surface area (Å²) in [5, 5.41) is 16.8. The van der Waals surface area contributed by atoms with Crippen molar-refractivity contribution in [1.82, 2.24) is 9.80 Å². The average Bonchev–Trinajstić information content (AvgIpc) is 2.64. The molecule has 0 aromatic heterocycles. The number of carbonyl (C=O) groups is 4. The van der Waals surface area contributed by atoms with Crippen molar-refractivity contribution in [3.05, 3.63) is 0 Å². The van der Waals surface area contributed by atoms with Crippen molar-refractivity contribution in [1.29, 1.82) is 0 Å². The lowest BCUT2D eigenvalue weighted by atomic mass is 10.1. The maximum Gasteiger partial charge on any atom is 0.490 e. The number of carbonyl (C=O) groups excluding carboxylic acids is 2. The second-order valence-corrected chi connectivity index (χ2v) is 9.58. The predicted octanol–water partition coefficient (Wildman–Crippen LogP) is 3.36. The number of morpholine rings is 1. The van der Waals surface area contributed by atoms with Crippen molar-refractivity contribution in [2.24, 2.45) is 0 Å². The van der Waals surface area contributed by atoms with Crippen molar-refractivity contribution in [2.45, 2.75) is 77.8 Å². The van der Waals surface area contributed by atoms with Gasteiger partial charge in [0.2, 0.25) is 0 Å². The topological polar surface area (TPSA) is 143 Å². The number of carboxylic acid groups (broad SMARTS) is 2. The van der Waals surface area contributed by atoms with Crippen LogP contribution in [0, 0.1) is 0 Å². The summed E-state index contributed by atoms with van der Waals surface area (Å²) in [6.45, 7) is 13.4. The summed E-state index contributed by atoms with van der Waals surface area (Å²) in [4.78, 5) is 48.7. The van der Waals surface area contributed by atoms with Crippen LogP contribution in [0.25, 0.3) is 0 Å². The van der Waals surface area contributed by atoms with E-state index in [1.54, 1.807) is 41.5 Å². The molecule has 1 unspecified atom stereocenters. The minimum atomic E-state index is -5.08. The highest BCUT2D eigenvalue weighted by molar-refractivity contribution is 5.93. The quantitative estimate of drug-likeness (QED) is 0.539. The van der Waals surface area contributed by atoms with Crippen LogP contribution >= 0.6 is 0 Å².